The van der Waals surface area contributed by atoms with E-state index in [1.807, 2.05) is 0 Å². The third kappa shape index (κ3) is 2.94. The molecule has 0 aliphatic heterocycles. The molecule has 5 heteroatoms. The Balaban J connectivity index is 2.64. The van der Waals surface area contributed by atoms with Gasteiger partial charge in [0.1, 0.15) is 4.66 Å². The number of rotatable bonds is 3. The summed E-state index contributed by atoms with van der Waals surface area (Å²) >= 11 is 3.02. The second-order valence-electron chi connectivity index (χ2n) is 4.16. The summed E-state index contributed by atoms with van der Waals surface area (Å²) in [6.07, 6.45) is 4.39. The lowest BCUT2D eigenvalue weighted by molar-refractivity contribution is 0.240. The smallest absolute Gasteiger partial charge is 0.211 e. The summed E-state index contributed by atoms with van der Waals surface area (Å²) < 4.78 is 24.7. The first-order valence-corrected chi connectivity index (χ1v) is 7.72. The van der Waals surface area contributed by atoms with Gasteiger partial charge in [-0.25, -0.2) is 12.7 Å². The quantitative estimate of drug-likeness (QED) is 0.745. The van der Waals surface area contributed by atoms with Crippen LogP contribution in [0.25, 0.3) is 0 Å². The molecule has 2 unspecified atom stereocenters. The van der Waals surface area contributed by atoms with Crippen LogP contribution in [0.2, 0.25) is 0 Å². The van der Waals surface area contributed by atoms with Crippen LogP contribution in [0, 0.1) is 5.92 Å². The molecule has 0 N–H and O–H groups in total. The molecule has 1 aliphatic carbocycles. The van der Waals surface area contributed by atoms with E-state index in [2.05, 4.69) is 22.9 Å². The molecule has 0 heterocycles. The molecule has 0 saturated heterocycles. The predicted molar refractivity (Wildman–Crippen MR) is 61.9 cm³/mol. The minimum Gasteiger partial charge on any atom is -0.211 e. The molecule has 2 atom stereocenters. The van der Waals surface area contributed by atoms with E-state index in [-0.39, 0.29) is 10.7 Å². The Kier molecular flexibility index (Phi) is 4.40. The van der Waals surface area contributed by atoms with Gasteiger partial charge in [0, 0.05) is 13.1 Å². The van der Waals surface area contributed by atoms with Crippen molar-refractivity contribution in [2.45, 2.75) is 38.6 Å². The minimum absolute atomic E-state index is 0.0291. The highest BCUT2D eigenvalue weighted by Crippen LogP contribution is 2.28. The zero-order valence-electron chi connectivity index (χ0n) is 8.74. The van der Waals surface area contributed by atoms with Crippen LogP contribution in [0.15, 0.2) is 0 Å². The maximum atomic E-state index is 11.6. The summed E-state index contributed by atoms with van der Waals surface area (Å²) in [6.45, 7) is 2.20. The van der Waals surface area contributed by atoms with E-state index >= 15 is 0 Å². The van der Waals surface area contributed by atoms with Crippen molar-refractivity contribution in [1.82, 2.24) is 4.31 Å². The highest BCUT2D eigenvalue weighted by Gasteiger charge is 2.28. The van der Waals surface area contributed by atoms with Gasteiger partial charge in [-0.3, -0.25) is 0 Å². The van der Waals surface area contributed by atoms with Crippen molar-refractivity contribution in [1.29, 1.82) is 0 Å². The second kappa shape index (κ2) is 4.94. The molecule has 0 bridgehead atoms. The molecule has 1 aliphatic rings. The minimum atomic E-state index is -3.07. The Hall–Kier alpha value is 0.390. The van der Waals surface area contributed by atoms with E-state index in [9.17, 15) is 8.42 Å². The molecular formula is C9H18BrNO2S. The topological polar surface area (TPSA) is 37.4 Å². The number of alkyl halides is 1. The lowest BCUT2D eigenvalue weighted by Crippen LogP contribution is -2.40. The number of nitrogens with zero attached hydrogens (tertiary/aromatic N) is 1. The van der Waals surface area contributed by atoms with E-state index in [0.717, 1.165) is 19.3 Å². The normalized spacial score (nSPS) is 29.4. The van der Waals surface area contributed by atoms with Crippen LogP contribution in [0.5, 0.6) is 0 Å². The van der Waals surface area contributed by atoms with Crippen molar-refractivity contribution in [3.05, 3.63) is 0 Å². The average molecular weight is 284 g/mol. The zero-order valence-corrected chi connectivity index (χ0v) is 11.1. The highest BCUT2D eigenvalue weighted by atomic mass is 79.9. The Morgan fingerprint density at radius 3 is 2.57 bits per heavy atom. The number of hydrogen-bond acceptors (Lipinski definition) is 2. The average Bonchev–Trinajstić information content (AvgIpc) is 2.16. The molecule has 0 radical (unpaired) electrons. The van der Waals surface area contributed by atoms with Crippen molar-refractivity contribution >= 4 is 26.0 Å². The number of hydrogen-bond donors (Lipinski definition) is 0. The summed E-state index contributed by atoms with van der Waals surface area (Å²) in [5.74, 6) is 0.654. The third-order valence-corrected chi connectivity index (χ3v) is 6.19. The fourth-order valence-corrected chi connectivity index (χ4v) is 3.80. The van der Waals surface area contributed by atoms with E-state index in [4.69, 9.17) is 0 Å². The summed E-state index contributed by atoms with van der Waals surface area (Å²) in [5, 5.41) is 0. The van der Waals surface area contributed by atoms with E-state index < -0.39 is 10.0 Å². The molecule has 3 nitrogen and oxygen atoms in total. The summed E-state index contributed by atoms with van der Waals surface area (Å²) in [4.78, 5) is 0. The predicted octanol–water partition coefficient (Wildman–Crippen LogP) is 2.18. The van der Waals surface area contributed by atoms with Gasteiger partial charge in [-0.15, -0.1) is 0 Å². The summed E-state index contributed by atoms with van der Waals surface area (Å²) in [6, 6.07) is 0.210. The van der Waals surface area contributed by atoms with Gasteiger partial charge in [0.25, 0.3) is 0 Å². The lowest BCUT2D eigenvalue weighted by Gasteiger charge is -2.32. The van der Waals surface area contributed by atoms with Crippen LogP contribution in [-0.4, -0.2) is 30.5 Å². The van der Waals surface area contributed by atoms with E-state index in [1.54, 1.807) is 7.05 Å². The van der Waals surface area contributed by atoms with Gasteiger partial charge in [0.15, 0.2) is 0 Å². The fraction of sp³-hybridized carbons (Fsp3) is 1.00. The first kappa shape index (κ1) is 12.5. The molecule has 1 rings (SSSR count). The van der Waals surface area contributed by atoms with Crippen LogP contribution < -0.4 is 0 Å². The highest BCUT2D eigenvalue weighted by molar-refractivity contribution is 9.10. The van der Waals surface area contributed by atoms with Crippen LogP contribution >= 0.6 is 15.9 Å². The first-order chi connectivity index (χ1) is 6.47. The SMILES string of the molecule is CC1CCCC(N(C)S(=O)(=O)CBr)C1. The maximum absolute atomic E-state index is 11.6. The Morgan fingerprint density at radius 2 is 2.07 bits per heavy atom. The van der Waals surface area contributed by atoms with Crippen molar-refractivity contribution in [2.24, 2.45) is 5.92 Å². The van der Waals surface area contributed by atoms with Crippen LogP contribution in [0.1, 0.15) is 32.6 Å². The van der Waals surface area contributed by atoms with Crippen molar-refractivity contribution < 1.29 is 8.42 Å². The molecule has 0 spiro atoms. The third-order valence-electron chi connectivity index (χ3n) is 3.00. The molecular weight excluding hydrogens is 266 g/mol. The second-order valence-corrected chi connectivity index (χ2v) is 7.49. The standard InChI is InChI=1S/C9H18BrNO2S/c1-8-4-3-5-9(6-8)11(2)14(12,13)7-10/h8-9H,3-7H2,1-2H3. The molecule has 1 saturated carbocycles. The van der Waals surface area contributed by atoms with Crippen LogP contribution in [-0.2, 0) is 10.0 Å². The molecule has 0 aromatic rings. The zero-order chi connectivity index (χ0) is 10.8. The van der Waals surface area contributed by atoms with E-state index in [0.29, 0.717) is 5.92 Å². The van der Waals surface area contributed by atoms with Gasteiger partial charge in [-0.2, -0.15) is 0 Å². The van der Waals surface area contributed by atoms with Crippen molar-refractivity contribution in [2.75, 3.05) is 11.7 Å². The number of sulfonamides is 1. The van der Waals surface area contributed by atoms with Gasteiger partial charge in [-0.1, -0.05) is 35.7 Å². The molecule has 0 aromatic carbocycles. The maximum Gasteiger partial charge on any atom is 0.224 e. The Labute approximate surface area is 95.0 Å². The Bertz CT molecular complexity index is 279. The van der Waals surface area contributed by atoms with Gasteiger partial charge in [-0.05, 0) is 18.8 Å². The van der Waals surface area contributed by atoms with Gasteiger partial charge < -0.3 is 0 Å². The lowest BCUT2D eigenvalue weighted by atomic mass is 9.87. The van der Waals surface area contributed by atoms with Crippen molar-refractivity contribution in [3.63, 3.8) is 0 Å². The fourth-order valence-electron chi connectivity index (χ4n) is 2.04. The van der Waals surface area contributed by atoms with E-state index in [1.165, 1.54) is 10.7 Å². The first-order valence-electron chi connectivity index (χ1n) is 4.99. The Morgan fingerprint density at radius 1 is 1.43 bits per heavy atom. The monoisotopic (exact) mass is 283 g/mol. The van der Waals surface area contributed by atoms with Crippen LogP contribution in [0.3, 0.4) is 0 Å². The molecule has 0 amide bonds. The van der Waals surface area contributed by atoms with Gasteiger partial charge >= 0.3 is 0 Å². The molecule has 1 fully saturated rings. The van der Waals surface area contributed by atoms with Gasteiger partial charge in [0.05, 0.1) is 0 Å². The van der Waals surface area contributed by atoms with Crippen molar-refractivity contribution in [3.8, 4) is 0 Å². The summed E-state index contributed by atoms with van der Waals surface area (Å²) in [5.41, 5.74) is 0. The molecule has 0 aromatic heterocycles. The largest absolute Gasteiger partial charge is 0.224 e. The molecule has 84 valence electrons. The van der Waals surface area contributed by atoms with Gasteiger partial charge in [0.2, 0.25) is 10.0 Å². The van der Waals surface area contributed by atoms with Crippen LogP contribution in [0.4, 0.5) is 0 Å². The summed E-state index contributed by atoms with van der Waals surface area (Å²) in [7, 11) is -1.38. The number of halogens is 1. The molecule has 14 heavy (non-hydrogen) atoms.